The van der Waals surface area contributed by atoms with Crippen LogP contribution in [0.1, 0.15) is 34.3 Å². The fourth-order valence-electron chi connectivity index (χ4n) is 3.72. The lowest BCUT2D eigenvalue weighted by atomic mass is 10.1. The zero-order valence-electron chi connectivity index (χ0n) is 18.4. The zero-order valence-corrected chi connectivity index (χ0v) is 18.4. The summed E-state index contributed by atoms with van der Waals surface area (Å²) < 4.78 is 0. The van der Waals surface area contributed by atoms with E-state index >= 15 is 0 Å². The topological polar surface area (TPSA) is 78.5 Å². The van der Waals surface area contributed by atoms with Crippen molar-refractivity contribution in [3.8, 4) is 0 Å². The van der Waals surface area contributed by atoms with Gasteiger partial charge in [-0.1, -0.05) is 36.4 Å². The number of amides is 3. The lowest BCUT2D eigenvalue weighted by Gasteiger charge is -2.15. The van der Waals surface area contributed by atoms with Crippen LogP contribution in [-0.4, -0.2) is 24.3 Å². The lowest BCUT2D eigenvalue weighted by molar-refractivity contribution is -0.117. The number of carbonyl (C=O) groups excluding carboxylic acids is 3. The Kier molecular flexibility index (Phi) is 6.64. The van der Waals surface area contributed by atoms with E-state index in [1.165, 1.54) is 6.08 Å². The highest BCUT2D eigenvalue weighted by Gasteiger charge is 2.21. The summed E-state index contributed by atoms with van der Waals surface area (Å²) in [4.78, 5) is 38.6. The minimum Gasteiger partial charge on any atom is -0.322 e. The standard InChI is InChI=1S/C27H25N3O3/c1-19-23(9-5-10-24(19)29-27(33)21-7-3-2-4-8-21)28-25(31)17-14-20-12-15-22(16-13-20)30-18-6-11-26(30)32/h2-5,7-10,12-17H,6,11,18H2,1H3,(H,28,31)(H,29,33)/b17-14+. The maximum atomic E-state index is 12.5. The molecule has 0 bridgehead atoms. The number of nitrogens with one attached hydrogen (secondary N) is 2. The van der Waals surface area contributed by atoms with E-state index < -0.39 is 0 Å². The number of hydrogen-bond donors (Lipinski definition) is 2. The summed E-state index contributed by atoms with van der Waals surface area (Å²) in [6, 6.07) is 21.9. The SMILES string of the molecule is Cc1c(NC(=O)/C=C/c2ccc(N3CCCC3=O)cc2)cccc1NC(=O)c1ccccc1. The van der Waals surface area contributed by atoms with Crippen LogP contribution in [0.3, 0.4) is 0 Å². The molecule has 1 saturated heterocycles. The van der Waals surface area contributed by atoms with Crippen molar-refractivity contribution >= 4 is 40.9 Å². The van der Waals surface area contributed by atoms with Gasteiger partial charge in [-0.05, 0) is 66.9 Å². The summed E-state index contributed by atoms with van der Waals surface area (Å²) in [5.41, 5.74) is 4.33. The number of nitrogens with zero attached hydrogens (tertiary/aromatic N) is 1. The van der Waals surface area contributed by atoms with Crippen molar-refractivity contribution in [2.45, 2.75) is 19.8 Å². The van der Waals surface area contributed by atoms with E-state index in [0.717, 1.165) is 29.8 Å². The molecular formula is C27H25N3O3. The predicted octanol–water partition coefficient (Wildman–Crippen LogP) is 5.03. The Bertz CT molecular complexity index is 1200. The van der Waals surface area contributed by atoms with Gasteiger partial charge in [-0.3, -0.25) is 14.4 Å². The molecule has 0 unspecified atom stereocenters. The van der Waals surface area contributed by atoms with Crippen LogP contribution in [0.2, 0.25) is 0 Å². The lowest BCUT2D eigenvalue weighted by Crippen LogP contribution is -2.23. The molecule has 6 heteroatoms. The Labute approximate surface area is 192 Å². The van der Waals surface area contributed by atoms with Gasteiger partial charge < -0.3 is 15.5 Å². The molecule has 2 N–H and O–H groups in total. The minimum atomic E-state index is -0.275. The largest absolute Gasteiger partial charge is 0.322 e. The summed E-state index contributed by atoms with van der Waals surface area (Å²) in [5.74, 6) is -0.334. The van der Waals surface area contributed by atoms with Gasteiger partial charge in [-0.2, -0.15) is 0 Å². The first-order valence-electron chi connectivity index (χ1n) is 10.9. The first-order valence-corrected chi connectivity index (χ1v) is 10.9. The fraction of sp³-hybridized carbons (Fsp3) is 0.148. The van der Waals surface area contributed by atoms with Crippen molar-refractivity contribution in [1.29, 1.82) is 0 Å². The van der Waals surface area contributed by atoms with Gasteiger partial charge >= 0.3 is 0 Å². The number of rotatable bonds is 6. The first-order chi connectivity index (χ1) is 16.0. The van der Waals surface area contributed by atoms with Crippen LogP contribution in [0.5, 0.6) is 0 Å². The van der Waals surface area contributed by atoms with Crippen LogP contribution < -0.4 is 15.5 Å². The van der Waals surface area contributed by atoms with Gasteiger partial charge in [0.25, 0.3) is 5.91 Å². The molecule has 166 valence electrons. The molecule has 1 fully saturated rings. The molecule has 0 atom stereocenters. The first kappa shape index (κ1) is 22.0. The molecule has 0 spiro atoms. The molecule has 0 saturated carbocycles. The van der Waals surface area contributed by atoms with Gasteiger partial charge in [0.1, 0.15) is 0 Å². The molecule has 3 aromatic rings. The number of benzene rings is 3. The van der Waals surface area contributed by atoms with Crippen LogP contribution in [-0.2, 0) is 9.59 Å². The van der Waals surface area contributed by atoms with Crippen LogP contribution in [0.15, 0.2) is 78.9 Å². The third-order valence-corrected chi connectivity index (χ3v) is 5.58. The second-order valence-corrected chi connectivity index (χ2v) is 7.86. The monoisotopic (exact) mass is 439 g/mol. The van der Waals surface area contributed by atoms with Crippen molar-refractivity contribution < 1.29 is 14.4 Å². The molecule has 0 aromatic heterocycles. The summed E-state index contributed by atoms with van der Waals surface area (Å²) >= 11 is 0. The van der Waals surface area contributed by atoms with Gasteiger partial charge in [-0.25, -0.2) is 0 Å². The molecule has 1 aliphatic heterocycles. The molecule has 6 nitrogen and oxygen atoms in total. The van der Waals surface area contributed by atoms with Crippen molar-refractivity contribution in [3.63, 3.8) is 0 Å². The van der Waals surface area contributed by atoms with Gasteiger partial charge in [0.15, 0.2) is 0 Å². The molecule has 4 rings (SSSR count). The molecule has 1 aliphatic rings. The molecule has 33 heavy (non-hydrogen) atoms. The highest BCUT2D eigenvalue weighted by molar-refractivity contribution is 6.06. The number of hydrogen-bond acceptors (Lipinski definition) is 3. The summed E-state index contributed by atoms with van der Waals surface area (Å²) in [6.07, 6.45) is 4.67. The maximum Gasteiger partial charge on any atom is 0.255 e. The number of anilines is 3. The third kappa shape index (κ3) is 5.36. The molecule has 0 radical (unpaired) electrons. The molecule has 3 aromatic carbocycles. The van der Waals surface area contributed by atoms with Crippen molar-refractivity contribution in [2.75, 3.05) is 22.1 Å². The van der Waals surface area contributed by atoms with Gasteiger partial charge in [-0.15, -0.1) is 0 Å². The number of carbonyl (C=O) groups is 3. The third-order valence-electron chi connectivity index (χ3n) is 5.58. The molecular weight excluding hydrogens is 414 g/mol. The molecule has 3 amide bonds. The minimum absolute atomic E-state index is 0.148. The van der Waals surface area contributed by atoms with Crippen LogP contribution >= 0.6 is 0 Å². The molecule has 1 heterocycles. The van der Waals surface area contributed by atoms with Gasteiger partial charge in [0.2, 0.25) is 11.8 Å². The average molecular weight is 440 g/mol. The van der Waals surface area contributed by atoms with Crippen LogP contribution in [0.4, 0.5) is 17.1 Å². The van der Waals surface area contributed by atoms with E-state index in [9.17, 15) is 14.4 Å². The zero-order chi connectivity index (χ0) is 23.2. The van der Waals surface area contributed by atoms with E-state index in [1.54, 1.807) is 41.3 Å². The van der Waals surface area contributed by atoms with Crippen molar-refractivity contribution in [1.82, 2.24) is 0 Å². The van der Waals surface area contributed by atoms with E-state index in [2.05, 4.69) is 10.6 Å². The Morgan fingerprint density at radius 3 is 2.24 bits per heavy atom. The van der Waals surface area contributed by atoms with Crippen LogP contribution in [0, 0.1) is 6.92 Å². The average Bonchev–Trinajstić information content (AvgIpc) is 3.27. The second-order valence-electron chi connectivity index (χ2n) is 7.86. The Morgan fingerprint density at radius 1 is 0.879 bits per heavy atom. The summed E-state index contributed by atoms with van der Waals surface area (Å²) in [7, 11) is 0. The van der Waals surface area contributed by atoms with E-state index in [-0.39, 0.29) is 17.7 Å². The quantitative estimate of drug-likeness (QED) is 0.529. The highest BCUT2D eigenvalue weighted by Crippen LogP contribution is 2.24. The Hall–Kier alpha value is -4.19. The van der Waals surface area contributed by atoms with Crippen LogP contribution in [0.25, 0.3) is 6.08 Å². The van der Waals surface area contributed by atoms with Gasteiger partial charge in [0.05, 0.1) is 0 Å². The van der Waals surface area contributed by atoms with Crippen molar-refractivity contribution in [3.05, 3.63) is 95.6 Å². The van der Waals surface area contributed by atoms with E-state index in [1.807, 2.05) is 49.4 Å². The van der Waals surface area contributed by atoms with E-state index in [4.69, 9.17) is 0 Å². The predicted molar refractivity (Wildman–Crippen MR) is 131 cm³/mol. The van der Waals surface area contributed by atoms with Crippen molar-refractivity contribution in [2.24, 2.45) is 0 Å². The van der Waals surface area contributed by atoms with E-state index in [0.29, 0.717) is 23.4 Å². The summed E-state index contributed by atoms with van der Waals surface area (Å²) in [5, 5.41) is 5.76. The second kappa shape index (κ2) is 9.96. The Balaban J connectivity index is 1.39. The maximum absolute atomic E-state index is 12.5. The molecule has 0 aliphatic carbocycles. The summed E-state index contributed by atoms with van der Waals surface area (Å²) in [6.45, 7) is 2.60. The highest BCUT2D eigenvalue weighted by atomic mass is 16.2. The Morgan fingerprint density at radius 2 is 1.58 bits per heavy atom. The fourth-order valence-corrected chi connectivity index (χ4v) is 3.72. The normalized spacial score (nSPS) is 13.4. The van der Waals surface area contributed by atoms with Gasteiger partial charge in [0, 0.05) is 41.7 Å². The smallest absolute Gasteiger partial charge is 0.255 e.